The van der Waals surface area contributed by atoms with Crippen LogP contribution in [-0.2, 0) is 4.79 Å². The molecule has 1 aliphatic rings. The third kappa shape index (κ3) is 5.74. The highest BCUT2D eigenvalue weighted by Crippen LogP contribution is 2.26. The number of aliphatic carboxylic acids is 1. The Kier molecular flexibility index (Phi) is 7.11. The second-order valence-electron chi connectivity index (χ2n) is 4.20. The number of hydrogen-bond acceptors (Lipinski definition) is 3. The van der Waals surface area contributed by atoms with E-state index in [0.29, 0.717) is 25.9 Å². The average Bonchev–Trinajstić information content (AvgIpc) is 2.16. The minimum Gasteiger partial charge on any atom is -0.480 e. The van der Waals surface area contributed by atoms with Crippen LogP contribution in [0.25, 0.3) is 0 Å². The summed E-state index contributed by atoms with van der Waals surface area (Å²) in [5.74, 6) is -3.55. The molecule has 1 saturated heterocycles. The van der Waals surface area contributed by atoms with Crippen LogP contribution in [0, 0.1) is 0 Å². The maximum Gasteiger partial charge on any atom is 0.320 e. The fourth-order valence-electron chi connectivity index (χ4n) is 1.94. The van der Waals surface area contributed by atoms with Crippen molar-refractivity contribution in [1.29, 1.82) is 0 Å². The topological polar surface area (TPSA) is 52.6 Å². The van der Waals surface area contributed by atoms with Crippen LogP contribution in [0.1, 0.15) is 19.3 Å². The van der Waals surface area contributed by atoms with Gasteiger partial charge in [0.15, 0.2) is 0 Å². The van der Waals surface area contributed by atoms with Gasteiger partial charge in [-0.2, -0.15) is 0 Å². The number of piperidine rings is 1. The average molecular weight is 317 g/mol. The first-order valence-corrected chi connectivity index (χ1v) is 5.45. The largest absolute Gasteiger partial charge is 0.480 e. The van der Waals surface area contributed by atoms with Crippen molar-refractivity contribution in [1.82, 2.24) is 10.2 Å². The molecule has 1 aliphatic heterocycles. The van der Waals surface area contributed by atoms with Crippen LogP contribution >= 0.6 is 17.0 Å². The van der Waals surface area contributed by atoms with Crippen molar-refractivity contribution >= 4 is 23.0 Å². The lowest BCUT2D eigenvalue weighted by atomic mass is 10.1. The number of halogens is 3. The molecule has 1 fully saturated rings. The fourth-order valence-corrected chi connectivity index (χ4v) is 1.94. The van der Waals surface area contributed by atoms with Crippen LogP contribution in [0.3, 0.4) is 0 Å². The van der Waals surface area contributed by atoms with E-state index < -0.39 is 17.9 Å². The van der Waals surface area contributed by atoms with E-state index in [4.69, 9.17) is 5.11 Å². The number of rotatable bonds is 5. The minimum absolute atomic E-state index is 0. The van der Waals surface area contributed by atoms with Gasteiger partial charge in [0, 0.05) is 13.0 Å². The van der Waals surface area contributed by atoms with Crippen LogP contribution in [0.2, 0.25) is 0 Å². The molecule has 1 atom stereocenters. The van der Waals surface area contributed by atoms with E-state index in [1.165, 1.54) is 0 Å². The van der Waals surface area contributed by atoms with Gasteiger partial charge in [0.1, 0.15) is 6.04 Å². The second kappa shape index (κ2) is 7.23. The first-order valence-electron chi connectivity index (χ1n) is 5.45. The van der Waals surface area contributed by atoms with E-state index in [9.17, 15) is 13.6 Å². The van der Waals surface area contributed by atoms with Crippen LogP contribution in [0.4, 0.5) is 8.78 Å². The molecule has 0 aromatic rings. The molecule has 0 bridgehead atoms. The Balaban J connectivity index is 0.00000256. The Morgan fingerprint density at radius 3 is 2.71 bits per heavy atom. The first kappa shape index (κ1) is 16.7. The maximum absolute atomic E-state index is 13.0. The van der Waals surface area contributed by atoms with E-state index in [0.717, 1.165) is 0 Å². The highest BCUT2D eigenvalue weighted by atomic mass is 79.9. The zero-order valence-electron chi connectivity index (χ0n) is 9.79. The number of hydrogen-bond donors (Lipinski definition) is 2. The standard InChI is InChI=1S/C10H18F2N2O2.BrH/c1-13-8(9(15)16)3-6-14-5-2-4-10(11,12)7-14;/h8,13H,2-7H2,1H3,(H,15,16);1H/t8-;/m0./s1. The number of alkyl halides is 2. The summed E-state index contributed by atoms with van der Waals surface area (Å²) >= 11 is 0. The van der Waals surface area contributed by atoms with Gasteiger partial charge in [0.25, 0.3) is 5.92 Å². The van der Waals surface area contributed by atoms with E-state index in [-0.39, 0.29) is 29.9 Å². The molecule has 102 valence electrons. The highest BCUT2D eigenvalue weighted by Gasteiger charge is 2.35. The normalized spacial score (nSPS) is 21.6. The Morgan fingerprint density at radius 2 is 2.24 bits per heavy atom. The molecule has 0 spiro atoms. The van der Waals surface area contributed by atoms with Gasteiger partial charge in [0.05, 0.1) is 6.54 Å². The van der Waals surface area contributed by atoms with Gasteiger partial charge in [-0.25, -0.2) is 8.78 Å². The van der Waals surface area contributed by atoms with E-state index in [1.807, 2.05) is 0 Å². The summed E-state index contributed by atoms with van der Waals surface area (Å²) in [5.41, 5.74) is 0. The third-order valence-electron chi connectivity index (χ3n) is 2.85. The van der Waals surface area contributed by atoms with Gasteiger partial charge in [-0.1, -0.05) is 0 Å². The number of carboxylic acid groups (broad SMARTS) is 1. The lowest BCUT2D eigenvalue weighted by molar-refractivity contribution is -0.139. The van der Waals surface area contributed by atoms with E-state index >= 15 is 0 Å². The van der Waals surface area contributed by atoms with Crippen LogP contribution in [-0.4, -0.2) is 54.6 Å². The van der Waals surface area contributed by atoms with E-state index in [2.05, 4.69) is 5.32 Å². The molecule has 2 N–H and O–H groups in total. The fraction of sp³-hybridized carbons (Fsp3) is 0.900. The zero-order chi connectivity index (χ0) is 12.2. The molecule has 0 aromatic carbocycles. The van der Waals surface area contributed by atoms with Gasteiger partial charge in [0.2, 0.25) is 0 Å². The summed E-state index contributed by atoms with van der Waals surface area (Å²) in [6.07, 6.45) is 0.768. The Hall–Kier alpha value is -0.270. The predicted molar refractivity (Wildman–Crippen MR) is 66.0 cm³/mol. The first-order chi connectivity index (χ1) is 7.44. The monoisotopic (exact) mass is 316 g/mol. The SMILES string of the molecule is Br.CN[C@@H](CCN1CCCC(F)(F)C1)C(=O)O. The molecule has 0 aromatic heterocycles. The molecule has 0 unspecified atom stereocenters. The quantitative estimate of drug-likeness (QED) is 0.804. The number of nitrogens with one attached hydrogen (secondary N) is 1. The molecular weight excluding hydrogens is 298 g/mol. The molecule has 1 rings (SSSR count). The number of carboxylic acids is 1. The maximum atomic E-state index is 13.0. The summed E-state index contributed by atoms with van der Waals surface area (Å²) in [6.45, 7) is 0.780. The molecule has 1 heterocycles. The third-order valence-corrected chi connectivity index (χ3v) is 2.85. The van der Waals surface area contributed by atoms with Crippen molar-refractivity contribution in [2.45, 2.75) is 31.2 Å². The van der Waals surface area contributed by atoms with Crippen molar-refractivity contribution in [3.05, 3.63) is 0 Å². The smallest absolute Gasteiger partial charge is 0.320 e. The summed E-state index contributed by atoms with van der Waals surface area (Å²) < 4.78 is 26.1. The minimum atomic E-state index is -2.61. The summed E-state index contributed by atoms with van der Waals surface area (Å²) in [5, 5.41) is 11.4. The summed E-state index contributed by atoms with van der Waals surface area (Å²) in [6, 6.07) is -0.657. The highest BCUT2D eigenvalue weighted by molar-refractivity contribution is 8.93. The van der Waals surface area contributed by atoms with Gasteiger partial charge in [-0.05, 0) is 26.4 Å². The van der Waals surface area contributed by atoms with E-state index in [1.54, 1.807) is 11.9 Å². The molecule has 7 heteroatoms. The Labute approximate surface area is 110 Å². The van der Waals surface area contributed by atoms with Gasteiger partial charge in [-0.15, -0.1) is 17.0 Å². The molecule has 17 heavy (non-hydrogen) atoms. The Morgan fingerprint density at radius 1 is 1.59 bits per heavy atom. The van der Waals surface area contributed by atoms with Gasteiger partial charge >= 0.3 is 5.97 Å². The summed E-state index contributed by atoms with van der Waals surface area (Å²) in [4.78, 5) is 12.3. The molecule has 4 nitrogen and oxygen atoms in total. The molecule has 0 saturated carbocycles. The summed E-state index contributed by atoms with van der Waals surface area (Å²) in [7, 11) is 1.56. The second-order valence-corrected chi connectivity index (χ2v) is 4.20. The van der Waals surface area contributed by atoms with Crippen LogP contribution < -0.4 is 5.32 Å². The number of likely N-dealkylation sites (tertiary alicyclic amines) is 1. The lowest BCUT2D eigenvalue weighted by Crippen LogP contribution is -2.45. The molecule has 0 amide bonds. The van der Waals surface area contributed by atoms with Crippen molar-refractivity contribution in [2.24, 2.45) is 0 Å². The van der Waals surface area contributed by atoms with Gasteiger partial charge in [-0.3, -0.25) is 9.69 Å². The van der Waals surface area contributed by atoms with Crippen molar-refractivity contribution < 1.29 is 18.7 Å². The zero-order valence-corrected chi connectivity index (χ0v) is 11.5. The lowest BCUT2D eigenvalue weighted by Gasteiger charge is -2.32. The molecular formula is C10H19BrF2N2O2. The number of nitrogens with zero attached hydrogens (tertiary/aromatic N) is 1. The number of likely N-dealkylation sites (N-methyl/N-ethyl adjacent to an activating group) is 1. The van der Waals surface area contributed by atoms with Crippen molar-refractivity contribution in [3.8, 4) is 0 Å². The van der Waals surface area contributed by atoms with Crippen LogP contribution in [0.5, 0.6) is 0 Å². The predicted octanol–water partition coefficient (Wildman–Crippen LogP) is 1.36. The van der Waals surface area contributed by atoms with Crippen molar-refractivity contribution in [2.75, 3.05) is 26.7 Å². The number of carbonyl (C=O) groups is 1. The Bertz CT molecular complexity index is 254. The van der Waals surface area contributed by atoms with Gasteiger partial charge < -0.3 is 10.4 Å². The molecule has 0 aliphatic carbocycles. The molecule has 0 radical (unpaired) electrons. The van der Waals surface area contributed by atoms with Crippen molar-refractivity contribution in [3.63, 3.8) is 0 Å². The van der Waals surface area contributed by atoms with Crippen LogP contribution in [0.15, 0.2) is 0 Å².